The summed E-state index contributed by atoms with van der Waals surface area (Å²) in [5.41, 5.74) is 1.72. The Morgan fingerprint density at radius 2 is 2.11 bits per heavy atom. The van der Waals surface area contributed by atoms with Crippen molar-refractivity contribution in [2.45, 2.75) is 38.1 Å². The number of anilines is 1. The van der Waals surface area contributed by atoms with Crippen LogP contribution in [0, 0.1) is 11.3 Å². The maximum absolute atomic E-state index is 9.49. The van der Waals surface area contributed by atoms with E-state index >= 15 is 0 Å². The standard InChI is InChI=1S/C16H22N2S/c1-6-11-18(16(3,4)5)14-9-8-10-15(19-7-2)13(14)12-17/h6,8-10H,1,7,11H2,2-5H3. The van der Waals surface area contributed by atoms with Gasteiger partial charge in [0.25, 0.3) is 0 Å². The molecule has 1 aromatic rings. The molecule has 0 aliphatic heterocycles. The summed E-state index contributed by atoms with van der Waals surface area (Å²) in [5, 5.41) is 9.49. The van der Waals surface area contributed by atoms with Gasteiger partial charge in [0.2, 0.25) is 0 Å². The van der Waals surface area contributed by atoms with Crippen LogP contribution < -0.4 is 4.90 Å². The lowest BCUT2D eigenvalue weighted by atomic mass is 10.0. The molecular formula is C16H22N2S. The van der Waals surface area contributed by atoms with E-state index in [1.807, 2.05) is 24.3 Å². The van der Waals surface area contributed by atoms with Gasteiger partial charge in [0.05, 0.1) is 11.3 Å². The average molecular weight is 274 g/mol. The van der Waals surface area contributed by atoms with E-state index in [1.165, 1.54) is 0 Å². The maximum Gasteiger partial charge on any atom is 0.103 e. The molecule has 0 N–H and O–H groups in total. The molecule has 0 aliphatic rings. The number of nitrogens with zero attached hydrogens (tertiary/aromatic N) is 2. The lowest BCUT2D eigenvalue weighted by molar-refractivity contribution is 0.521. The predicted octanol–water partition coefficient (Wildman–Crippen LogP) is 4.46. The monoisotopic (exact) mass is 274 g/mol. The molecule has 0 amide bonds. The molecule has 0 radical (unpaired) electrons. The van der Waals surface area contributed by atoms with Crippen LogP contribution in [-0.2, 0) is 0 Å². The molecule has 0 aromatic heterocycles. The molecule has 1 rings (SSSR count). The fourth-order valence-electron chi connectivity index (χ4n) is 2.00. The van der Waals surface area contributed by atoms with Gasteiger partial charge in [-0.3, -0.25) is 0 Å². The zero-order chi connectivity index (χ0) is 14.5. The first kappa shape index (κ1) is 15.7. The number of rotatable bonds is 5. The highest BCUT2D eigenvalue weighted by atomic mass is 32.2. The average Bonchev–Trinajstić information content (AvgIpc) is 2.35. The van der Waals surface area contributed by atoms with Crippen LogP contribution in [0.15, 0.2) is 35.7 Å². The highest BCUT2D eigenvalue weighted by molar-refractivity contribution is 7.99. The summed E-state index contributed by atoms with van der Waals surface area (Å²) < 4.78 is 0. The minimum atomic E-state index is -0.0463. The number of thioether (sulfide) groups is 1. The van der Waals surface area contributed by atoms with Crippen LogP contribution in [0.3, 0.4) is 0 Å². The molecule has 102 valence electrons. The first-order valence-electron chi connectivity index (χ1n) is 6.50. The highest BCUT2D eigenvalue weighted by Crippen LogP contribution is 2.33. The van der Waals surface area contributed by atoms with Gasteiger partial charge in [0, 0.05) is 17.0 Å². The van der Waals surface area contributed by atoms with Crippen LogP contribution >= 0.6 is 11.8 Å². The number of nitriles is 1. The number of benzene rings is 1. The van der Waals surface area contributed by atoms with E-state index in [0.717, 1.165) is 28.4 Å². The van der Waals surface area contributed by atoms with Gasteiger partial charge in [-0.2, -0.15) is 5.26 Å². The van der Waals surface area contributed by atoms with Crippen molar-refractivity contribution in [3.05, 3.63) is 36.4 Å². The Hall–Kier alpha value is -1.40. The normalized spacial score (nSPS) is 10.9. The molecule has 0 heterocycles. The van der Waals surface area contributed by atoms with Crippen molar-refractivity contribution < 1.29 is 0 Å². The van der Waals surface area contributed by atoms with E-state index < -0.39 is 0 Å². The predicted molar refractivity (Wildman–Crippen MR) is 84.9 cm³/mol. The molecule has 0 spiro atoms. The molecule has 3 heteroatoms. The highest BCUT2D eigenvalue weighted by Gasteiger charge is 2.23. The summed E-state index contributed by atoms with van der Waals surface area (Å²) in [6.07, 6.45) is 1.88. The molecule has 0 saturated carbocycles. The summed E-state index contributed by atoms with van der Waals surface area (Å²) >= 11 is 1.71. The summed E-state index contributed by atoms with van der Waals surface area (Å²) in [7, 11) is 0. The quantitative estimate of drug-likeness (QED) is 0.586. The summed E-state index contributed by atoms with van der Waals surface area (Å²) in [6, 6.07) is 8.43. The lowest BCUT2D eigenvalue weighted by Gasteiger charge is -2.37. The van der Waals surface area contributed by atoms with Gasteiger partial charge in [0.15, 0.2) is 0 Å². The minimum absolute atomic E-state index is 0.0463. The van der Waals surface area contributed by atoms with E-state index in [4.69, 9.17) is 0 Å². The van der Waals surface area contributed by atoms with Crippen molar-refractivity contribution in [1.82, 2.24) is 0 Å². The largest absolute Gasteiger partial charge is 0.362 e. The Morgan fingerprint density at radius 3 is 2.58 bits per heavy atom. The van der Waals surface area contributed by atoms with Gasteiger partial charge in [0.1, 0.15) is 6.07 Å². The van der Waals surface area contributed by atoms with E-state index in [2.05, 4.69) is 45.2 Å². The van der Waals surface area contributed by atoms with Gasteiger partial charge in [-0.05, 0) is 38.7 Å². The van der Waals surface area contributed by atoms with E-state index in [0.29, 0.717) is 0 Å². The van der Waals surface area contributed by atoms with Crippen molar-refractivity contribution in [2.24, 2.45) is 0 Å². The van der Waals surface area contributed by atoms with Crippen LogP contribution in [0.25, 0.3) is 0 Å². The smallest absolute Gasteiger partial charge is 0.103 e. The Morgan fingerprint density at radius 1 is 1.42 bits per heavy atom. The second-order valence-electron chi connectivity index (χ2n) is 5.27. The molecular weight excluding hydrogens is 252 g/mol. The molecule has 2 nitrogen and oxygen atoms in total. The van der Waals surface area contributed by atoms with Crippen molar-refractivity contribution in [3.8, 4) is 6.07 Å². The van der Waals surface area contributed by atoms with Crippen molar-refractivity contribution >= 4 is 17.4 Å². The van der Waals surface area contributed by atoms with Gasteiger partial charge in [-0.15, -0.1) is 18.3 Å². The van der Waals surface area contributed by atoms with Crippen molar-refractivity contribution in [3.63, 3.8) is 0 Å². The van der Waals surface area contributed by atoms with Crippen LogP contribution in [0.2, 0.25) is 0 Å². The van der Waals surface area contributed by atoms with Crippen molar-refractivity contribution in [1.29, 1.82) is 5.26 Å². The van der Waals surface area contributed by atoms with Crippen LogP contribution in [0.1, 0.15) is 33.3 Å². The van der Waals surface area contributed by atoms with Crippen molar-refractivity contribution in [2.75, 3.05) is 17.2 Å². The Kier molecular flexibility index (Phi) is 5.50. The molecule has 0 atom stereocenters. The third-order valence-corrected chi connectivity index (χ3v) is 3.77. The van der Waals surface area contributed by atoms with Crippen LogP contribution in [0.5, 0.6) is 0 Å². The number of hydrogen-bond acceptors (Lipinski definition) is 3. The first-order valence-corrected chi connectivity index (χ1v) is 7.48. The number of hydrogen-bond donors (Lipinski definition) is 0. The van der Waals surface area contributed by atoms with E-state index in [-0.39, 0.29) is 5.54 Å². The maximum atomic E-state index is 9.49. The Bertz CT molecular complexity index is 481. The summed E-state index contributed by atoms with van der Waals surface area (Å²) in [6.45, 7) is 13.1. The topological polar surface area (TPSA) is 27.0 Å². The van der Waals surface area contributed by atoms with Gasteiger partial charge in [-0.25, -0.2) is 0 Å². The Labute approximate surface area is 121 Å². The molecule has 19 heavy (non-hydrogen) atoms. The van der Waals surface area contributed by atoms with E-state index in [1.54, 1.807) is 11.8 Å². The fourth-order valence-corrected chi connectivity index (χ4v) is 2.78. The molecule has 0 unspecified atom stereocenters. The van der Waals surface area contributed by atoms with Crippen LogP contribution in [0.4, 0.5) is 5.69 Å². The lowest BCUT2D eigenvalue weighted by Crippen LogP contribution is -2.42. The molecule has 0 fully saturated rings. The zero-order valence-corrected chi connectivity index (χ0v) is 13.0. The molecule has 0 aliphatic carbocycles. The van der Waals surface area contributed by atoms with E-state index in [9.17, 15) is 5.26 Å². The third-order valence-electron chi connectivity index (χ3n) is 2.83. The third kappa shape index (κ3) is 3.78. The first-order chi connectivity index (χ1) is 8.95. The molecule has 1 aromatic carbocycles. The fraction of sp³-hybridized carbons (Fsp3) is 0.438. The summed E-state index contributed by atoms with van der Waals surface area (Å²) in [5.74, 6) is 0.967. The minimum Gasteiger partial charge on any atom is -0.362 e. The van der Waals surface area contributed by atoms with Gasteiger partial charge in [-0.1, -0.05) is 19.1 Å². The van der Waals surface area contributed by atoms with Gasteiger partial charge >= 0.3 is 0 Å². The second-order valence-corrected chi connectivity index (χ2v) is 6.57. The molecule has 0 bridgehead atoms. The second kappa shape index (κ2) is 6.68. The molecule has 0 saturated heterocycles. The summed E-state index contributed by atoms with van der Waals surface area (Å²) in [4.78, 5) is 3.28. The SMILES string of the molecule is C=CCN(c1cccc(SCC)c1C#N)C(C)(C)C. The van der Waals surface area contributed by atoms with Gasteiger partial charge < -0.3 is 4.90 Å². The zero-order valence-electron chi connectivity index (χ0n) is 12.2. The Balaban J connectivity index is 3.35. The van der Waals surface area contributed by atoms with Crippen LogP contribution in [-0.4, -0.2) is 17.8 Å².